The summed E-state index contributed by atoms with van der Waals surface area (Å²) in [7, 11) is 0. The number of nitrogens with one attached hydrogen (secondary N) is 1. The monoisotopic (exact) mass is 399 g/mol. The highest BCUT2D eigenvalue weighted by molar-refractivity contribution is 5.84. The third-order valence-electron chi connectivity index (χ3n) is 4.86. The number of carbonyl (C=O) groups is 2. The number of aryl methyl sites for hydroxylation is 1. The molecule has 0 saturated carbocycles. The van der Waals surface area contributed by atoms with Crippen LogP contribution in [0, 0.1) is 11.8 Å². The second kappa shape index (κ2) is 10.3. The molecule has 1 aliphatic rings. The lowest BCUT2D eigenvalue weighted by Gasteiger charge is -2.24. The molecule has 5 N–H and O–H groups in total. The molecule has 0 heterocycles. The Hall–Kier alpha value is -2.52. The molecule has 0 aliphatic heterocycles. The van der Waals surface area contributed by atoms with E-state index in [2.05, 4.69) is 29.3 Å². The minimum atomic E-state index is -0.770. The van der Waals surface area contributed by atoms with Gasteiger partial charge in [0.2, 0.25) is 5.91 Å². The Balaban J connectivity index is 2.13. The van der Waals surface area contributed by atoms with Gasteiger partial charge in [0.1, 0.15) is 11.6 Å². The lowest BCUT2D eigenvalue weighted by Crippen LogP contribution is -2.46. The van der Waals surface area contributed by atoms with Gasteiger partial charge in [-0.25, -0.2) is 4.79 Å². The maximum Gasteiger partial charge on any atom is 0.408 e. The van der Waals surface area contributed by atoms with Crippen LogP contribution in [0.3, 0.4) is 0 Å². The average Bonchev–Trinajstić information content (AvgIpc) is 2.64. The number of rotatable bonds is 6. The number of benzene rings is 1. The zero-order chi connectivity index (χ0) is 21.4. The second-order valence-electron chi connectivity index (χ2n) is 8.42. The van der Waals surface area contributed by atoms with Gasteiger partial charge >= 0.3 is 6.09 Å². The van der Waals surface area contributed by atoms with Gasteiger partial charge in [-0.3, -0.25) is 4.79 Å². The van der Waals surface area contributed by atoms with Crippen LogP contribution in [0.25, 0.3) is 0 Å². The minimum Gasteiger partial charge on any atom is -0.444 e. The van der Waals surface area contributed by atoms with E-state index in [9.17, 15) is 9.59 Å². The van der Waals surface area contributed by atoms with E-state index in [0.29, 0.717) is 25.8 Å². The topological polar surface area (TPSA) is 107 Å². The van der Waals surface area contributed by atoms with E-state index in [0.717, 1.165) is 31.2 Å². The van der Waals surface area contributed by atoms with Gasteiger partial charge in [0.15, 0.2) is 0 Å². The smallest absolute Gasteiger partial charge is 0.408 e. The van der Waals surface area contributed by atoms with E-state index in [1.807, 2.05) is 0 Å². The van der Waals surface area contributed by atoms with Crippen LogP contribution in [0.4, 0.5) is 4.79 Å². The summed E-state index contributed by atoms with van der Waals surface area (Å²) in [4.78, 5) is 23.9. The summed E-state index contributed by atoms with van der Waals surface area (Å²) in [5.41, 5.74) is 15.3. The predicted octanol–water partition coefficient (Wildman–Crippen LogP) is 2.58. The number of amides is 2. The minimum absolute atomic E-state index is 0.430. The quantitative estimate of drug-likeness (QED) is 0.639. The first-order valence-corrected chi connectivity index (χ1v) is 10.3. The van der Waals surface area contributed by atoms with Gasteiger partial charge in [-0.05, 0) is 82.1 Å². The van der Waals surface area contributed by atoms with Gasteiger partial charge in [-0.1, -0.05) is 17.9 Å². The van der Waals surface area contributed by atoms with Crippen LogP contribution in [-0.4, -0.2) is 30.2 Å². The summed E-state index contributed by atoms with van der Waals surface area (Å²) < 4.78 is 5.24. The molecular formula is C23H33N3O3. The largest absolute Gasteiger partial charge is 0.444 e. The highest BCUT2D eigenvalue weighted by Crippen LogP contribution is 2.28. The fraction of sp³-hybridized carbons (Fsp3) is 0.565. The maximum atomic E-state index is 12.0. The molecule has 158 valence electrons. The fourth-order valence-electron chi connectivity index (χ4n) is 3.56. The molecule has 0 saturated heterocycles. The van der Waals surface area contributed by atoms with Gasteiger partial charge in [0.25, 0.3) is 0 Å². The van der Waals surface area contributed by atoms with E-state index in [1.165, 1.54) is 16.7 Å². The Bertz CT molecular complexity index is 800. The zero-order valence-electron chi connectivity index (χ0n) is 17.8. The van der Waals surface area contributed by atoms with Gasteiger partial charge in [0, 0.05) is 18.5 Å². The molecule has 1 aliphatic carbocycles. The van der Waals surface area contributed by atoms with Crippen molar-refractivity contribution in [1.82, 2.24) is 5.32 Å². The van der Waals surface area contributed by atoms with Gasteiger partial charge in [0.05, 0.1) is 0 Å². The molecule has 0 spiro atoms. The zero-order valence-corrected chi connectivity index (χ0v) is 17.8. The van der Waals surface area contributed by atoms with Crippen molar-refractivity contribution in [3.8, 4) is 11.8 Å². The van der Waals surface area contributed by atoms with E-state index in [1.54, 1.807) is 20.8 Å². The lowest BCUT2D eigenvalue weighted by molar-refractivity contribution is -0.120. The Labute approximate surface area is 173 Å². The first-order valence-electron chi connectivity index (χ1n) is 10.3. The average molecular weight is 400 g/mol. The first-order chi connectivity index (χ1) is 13.7. The van der Waals surface area contributed by atoms with Crippen LogP contribution in [0.2, 0.25) is 0 Å². The number of hydrogen-bond acceptors (Lipinski definition) is 4. The van der Waals surface area contributed by atoms with Crippen molar-refractivity contribution >= 4 is 12.0 Å². The Kier molecular flexibility index (Phi) is 8.10. The normalized spacial score (nSPS) is 14.2. The molecular weight excluding hydrogens is 366 g/mol. The van der Waals surface area contributed by atoms with Crippen molar-refractivity contribution in [1.29, 1.82) is 0 Å². The molecule has 1 aromatic rings. The molecule has 1 atom stereocenters. The summed E-state index contributed by atoms with van der Waals surface area (Å²) in [5.74, 6) is 5.82. The van der Waals surface area contributed by atoms with E-state index < -0.39 is 23.6 Å². The third-order valence-corrected chi connectivity index (χ3v) is 4.86. The van der Waals surface area contributed by atoms with Gasteiger partial charge in [-0.15, -0.1) is 0 Å². The van der Waals surface area contributed by atoms with Crippen molar-refractivity contribution in [2.45, 2.75) is 77.4 Å². The van der Waals surface area contributed by atoms with Crippen LogP contribution in [-0.2, 0) is 28.8 Å². The van der Waals surface area contributed by atoms with E-state index >= 15 is 0 Å². The van der Waals surface area contributed by atoms with E-state index in [4.69, 9.17) is 16.2 Å². The van der Waals surface area contributed by atoms with Crippen LogP contribution in [0.15, 0.2) is 12.1 Å². The molecule has 2 amide bonds. The number of hydrogen-bond donors (Lipinski definition) is 3. The fourth-order valence-corrected chi connectivity index (χ4v) is 3.56. The van der Waals surface area contributed by atoms with Crippen LogP contribution in [0.1, 0.15) is 68.7 Å². The number of carbonyl (C=O) groups excluding carboxylic acids is 2. The molecule has 0 radical (unpaired) electrons. The van der Waals surface area contributed by atoms with Crippen molar-refractivity contribution < 1.29 is 14.3 Å². The van der Waals surface area contributed by atoms with Gasteiger partial charge in [-0.2, -0.15) is 0 Å². The molecule has 1 aromatic carbocycles. The summed E-state index contributed by atoms with van der Waals surface area (Å²) in [6, 6.07) is 3.37. The van der Waals surface area contributed by atoms with Crippen LogP contribution >= 0.6 is 0 Å². The predicted molar refractivity (Wildman–Crippen MR) is 114 cm³/mol. The molecule has 29 heavy (non-hydrogen) atoms. The Morgan fingerprint density at radius 1 is 1.21 bits per heavy atom. The standard InChI is InChI=1S/C23H33N3O3/c1-23(2,3)29-22(28)26-20(21(25)27)14-13-17-12-11-16(8-6-7-15-24)18-9-4-5-10-19(17)18/h11-12,20H,4-5,7,9-10,13-15,24H2,1-3H3,(H2,25,27)(H,26,28)/t20-/m0/s1. The first kappa shape index (κ1) is 22.8. The van der Waals surface area contributed by atoms with Crippen molar-refractivity contribution in [3.05, 3.63) is 34.4 Å². The van der Waals surface area contributed by atoms with Crippen LogP contribution < -0.4 is 16.8 Å². The summed E-state index contributed by atoms with van der Waals surface area (Å²) in [5, 5.41) is 2.60. The Morgan fingerprint density at radius 3 is 2.52 bits per heavy atom. The third kappa shape index (κ3) is 7.10. The Morgan fingerprint density at radius 2 is 1.90 bits per heavy atom. The lowest BCUT2D eigenvalue weighted by atomic mass is 9.83. The molecule has 6 heteroatoms. The second-order valence-corrected chi connectivity index (χ2v) is 8.42. The highest BCUT2D eigenvalue weighted by atomic mass is 16.6. The number of nitrogens with two attached hydrogens (primary N) is 2. The van der Waals surface area contributed by atoms with Crippen molar-refractivity contribution in [3.63, 3.8) is 0 Å². The number of primary amides is 1. The molecule has 0 fully saturated rings. The number of fused-ring (bicyclic) bond motifs is 1. The number of alkyl carbamates (subject to hydrolysis) is 1. The summed E-state index contributed by atoms with van der Waals surface area (Å²) in [6.07, 6.45) is 5.48. The SMILES string of the molecule is CC(C)(C)OC(=O)N[C@@H](CCc1ccc(C#CCCN)c2c1CCCC2)C(N)=O. The van der Waals surface area contributed by atoms with Gasteiger partial charge < -0.3 is 21.5 Å². The highest BCUT2D eigenvalue weighted by Gasteiger charge is 2.24. The molecule has 6 nitrogen and oxygen atoms in total. The number of ether oxygens (including phenoxy) is 1. The molecule has 2 rings (SSSR count). The maximum absolute atomic E-state index is 12.0. The van der Waals surface area contributed by atoms with Crippen LogP contribution in [0.5, 0.6) is 0 Å². The van der Waals surface area contributed by atoms with E-state index in [-0.39, 0.29) is 0 Å². The molecule has 0 aromatic heterocycles. The molecule has 0 bridgehead atoms. The van der Waals surface area contributed by atoms with Crippen molar-refractivity contribution in [2.24, 2.45) is 11.5 Å². The summed E-state index contributed by atoms with van der Waals surface area (Å²) >= 11 is 0. The summed E-state index contributed by atoms with van der Waals surface area (Å²) in [6.45, 7) is 5.88. The molecule has 0 unspecified atom stereocenters. The van der Waals surface area contributed by atoms with Crippen molar-refractivity contribution in [2.75, 3.05) is 6.54 Å².